The Morgan fingerprint density at radius 2 is 2.56 bits per heavy atom. The molecule has 0 aromatic carbocycles. The van der Waals surface area contributed by atoms with Gasteiger partial charge in [-0.15, -0.1) is 0 Å². The summed E-state index contributed by atoms with van der Waals surface area (Å²) in [4.78, 5) is 20.3. The van der Waals surface area contributed by atoms with E-state index in [1.165, 1.54) is 0 Å². The van der Waals surface area contributed by atoms with Gasteiger partial charge in [0.2, 0.25) is 12.1 Å². The maximum absolute atomic E-state index is 10.3. The number of carboxylic acid groups (broad SMARTS) is 1. The molecule has 2 N–H and O–H groups in total. The van der Waals surface area contributed by atoms with E-state index in [9.17, 15) is 9.59 Å². The first kappa shape index (κ1) is 6.03. The molecule has 9 heavy (non-hydrogen) atoms. The van der Waals surface area contributed by atoms with Crippen LogP contribution >= 0.6 is 0 Å². The number of nitrogens with one attached hydrogen (secondary N) is 1. The van der Waals surface area contributed by atoms with Gasteiger partial charge in [-0.3, -0.25) is 4.79 Å². The van der Waals surface area contributed by atoms with Crippen LogP contribution in [0.5, 0.6) is 0 Å². The highest BCUT2D eigenvalue weighted by Gasteiger charge is 2.27. The number of hydrogen-bond acceptors (Lipinski definition) is 3. The van der Waals surface area contributed by atoms with Crippen LogP contribution in [0.25, 0.3) is 0 Å². The highest BCUT2D eigenvalue weighted by Crippen LogP contribution is 1.94. The van der Waals surface area contributed by atoms with Gasteiger partial charge in [0.15, 0.2) is 0 Å². The minimum atomic E-state index is -1.17. The number of carboxylic acids is 1. The van der Waals surface area contributed by atoms with E-state index in [1.807, 2.05) is 0 Å². The fourth-order valence-electron chi connectivity index (χ4n) is 0.522. The first-order valence-corrected chi connectivity index (χ1v) is 2.34. The molecule has 0 saturated carbocycles. The molecule has 1 aliphatic heterocycles. The summed E-state index contributed by atoms with van der Waals surface area (Å²) in [5.74, 6) is -1.55. The van der Waals surface area contributed by atoms with Crippen LogP contribution in [0.15, 0.2) is 0 Å². The summed E-state index contributed by atoms with van der Waals surface area (Å²) in [6, 6.07) is 0. The van der Waals surface area contributed by atoms with Crippen LogP contribution in [0.3, 0.4) is 0 Å². The van der Waals surface area contributed by atoms with E-state index in [1.54, 1.807) is 0 Å². The van der Waals surface area contributed by atoms with E-state index in [2.05, 4.69) is 10.1 Å². The molecular formula is C4H5NO4. The molecule has 0 spiro atoms. The van der Waals surface area contributed by atoms with Crippen molar-refractivity contribution < 1.29 is 19.4 Å². The van der Waals surface area contributed by atoms with Crippen LogP contribution in [0, 0.1) is 0 Å². The molecule has 1 aliphatic rings. The zero-order valence-electron chi connectivity index (χ0n) is 4.46. The smallest absolute Gasteiger partial charge is 0.354 e. The molecule has 0 aromatic heterocycles. The summed E-state index contributed by atoms with van der Waals surface area (Å²) in [6.07, 6.45) is -1.14. The van der Waals surface area contributed by atoms with Gasteiger partial charge in [-0.1, -0.05) is 0 Å². The summed E-state index contributed by atoms with van der Waals surface area (Å²) in [6.45, 7) is -0.156. The van der Waals surface area contributed by atoms with E-state index < -0.39 is 12.2 Å². The minimum absolute atomic E-state index is 0.156. The van der Waals surface area contributed by atoms with Crippen molar-refractivity contribution in [1.29, 1.82) is 0 Å². The molecule has 0 bridgehead atoms. The summed E-state index contributed by atoms with van der Waals surface area (Å²) >= 11 is 0. The van der Waals surface area contributed by atoms with Crippen molar-refractivity contribution in [3.63, 3.8) is 0 Å². The van der Waals surface area contributed by atoms with Gasteiger partial charge in [-0.05, 0) is 0 Å². The lowest BCUT2D eigenvalue weighted by atomic mass is 10.6. The van der Waals surface area contributed by atoms with E-state index >= 15 is 0 Å². The molecule has 0 radical (unpaired) electrons. The fourth-order valence-corrected chi connectivity index (χ4v) is 0.522. The van der Waals surface area contributed by atoms with Crippen LogP contribution < -0.4 is 5.32 Å². The van der Waals surface area contributed by atoms with Crippen molar-refractivity contribution >= 4 is 11.9 Å². The Bertz CT molecular complexity index is 155. The van der Waals surface area contributed by atoms with Crippen molar-refractivity contribution in [1.82, 2.24) is 5.32 Å². The Morgan fingerprint density at radius 1 is 1.89 bits per heavy atom. The topological polar surface area (TPSA) is 75.6 Å². The quantitative estimate of drug-likeness (QED) is 0.456. The van der Waals surface area contributed by atoms with Crippen LogP contribution in [0.2, 0.25) is 0 Å². The lowest BCUT2D eigenvalue weighted by Crippen LogP contribution is -2.33. The van der Waals surface area contributed by atoms with Gasteiger partial charge in [0, 0.05) is 0 Å². The molecule has 5 nitrogen and oxygen atoms in total. The third-order valence-corrected chi connectivity index (χ3v) is 0.897. The lowest BCUT2D eigenvalue weighted by Gasteiger charge is -1.99. The molecule has 50 valence electrons. The highest BCUT2D eigenvalue weighted by atomic mass is 16.5. The second-order valence-electron chi connectivity index (χ2n) is 1.60. The summed E-state index contributed by atoms with van der Waals surface area (Å²) < 4.78 is 4.47. The number of carbonyl (C=O) groups is 2. The Labute approximate surface area is 50.6 Å². The molecule has 0 aliphatic carbocycles. The molecule has 0 aromatic rings. The molecule has 1 unspecified atom stereocenters. The van der Waals surface area contributed by atoms with Crippen LogP contribution in [-0.2, 0) is 14.3 Å². The number of aliphatic carboxylic acids is 1. The van der Waals surface area contributed by atoms with Gasteiger partial charge in [0.05, 0.1) is 0 Å². The number of rotatable bonds is 1. The third-order valence-electron chi connectivity index (χ3n) is 0.897. The molecule has 1 amide bonds. The predicted octanol–water partition coefficient (Wildman–Crippen LogP) is -1.46. The second kappa shape index (κ2) is 2.02. The zero-order valence-corrected chi connectivity index (χ0v) is 4.46. The second-order valence-corrected chi connectivity index (χ2v) is 1.60. The van der Waals surface area contributed by atoms with Crippen molar-refractivity contribution in [2.45, 2.75) is 6.23 Å². The number of ether oxygens (including phenoxy) is 1. The van der Waals surface area contributed by atoms with Crippen molar-refractivity contribution in [3.8, 4) is 0 Å². The molecule has 1 fully saturated rings. The number of carbonyl (C=O) groups excluding carboxylic acids is 1. The van der Waals surface area contributed by atoms with E-state index in [-0.39, 0.29) is 12.5 Å². The molecule has 5 heteroatoms. The van der Waals surface area contributed by atoms with E-state index in [4.69, 9.17) is 5.11 Å². The minimum Gasteiger partial charge on any atom is -0.478 e. The summed E-state index contributed by atoms with van der Waals surface area (Å²) in [7, 11) is 0. The van der Waals surface area contributed by atoms with E-state index in [0.29, 0.717) is 0 Å². The number of hydrogen-bond donors (Lipinski definition) is 2. The first-order chi connectivity index (χ1) is 4.20. The van der Waals surface area contributed by atoms with Gasteiger partial charge in [-0.2, -0.15) is 0 Å². The van der Waals surface area contributed by atoms with Gasteiger partial charge in [-0.25, -0.2) is 4.79 Å². The van der Waals surface area contributed by atoms with Gasteiger partial charge in [0.1, 0.15) is 6.61 Å². The lowest BCUT2D eigenvalue weighted by molar-refractivity contribution is -0.148. The Hall–Kier alpha value is -1.10. The standard InChI is InChI=1S/C4H5NO4/c6-2-1-9-3(5-2)4(7)8/h3H,1H2,(H,5,6)(H,7,8). The van der Waals surface area contributed by atoms with Gasteiger partial charge >= 0.3 is 5.97 Å². The van der Waals surface area contributed by atoms with Crippen LogP contribution in [0.4, 0.5) is 0 Å². The predicted molar refractivity (Wildman–Crippen MR) is 25.5 cm³/mol. The fraction of sp³-hybridized carbons (Fsp3) is 0.500. The first-order valence-electron chi connectivity index (χ1n) is 2.34. The Morgan fingerprint density at radius 3 is 2.78 bits per heavy atom. The van der Waals surface area contributed by atoms with Crippen molar-refractivity contribution in [3.05, 3.63) is 0 Å². The third kappa shape index (κ3) is 1.17. The normalized spacial score (nSPS) is 25.8. The maximum Gasteiger partial charge on any atom is 0.354 e. The van der Waals surface area contributed by atoms with Crippen molar-refractivity contribution in [2.24, 2.45) is 0 Å². The highest BCUT2D eigenvalue weighted by molar-refractivity contribution is 5.85. The van der Waals surface area contributed by atoms with Crippen LogP contribution in [0.1, 0.15) is 0 Å². The molecular weight excluding hydrogens is 126 g/mol. The van der Waals surface area contributed by atoms with E-state index in [0.717, 1.165) is 0 Å². The Kier molecular flexibility index (Phi) is 1.35. The largest absolute Gasteiger partial charge is 0.478 e. The van der Waals surface area contributed by atoms with Gasteiger partial charge in [0.25, 0.3) is 0 Å². The summed E-state index contributed by atoms with van der Waals surface area (Å²) in [5, 5.41) is 10.3. The monoisotopic (exact) mass is 131 g/mol. The average molecular weight is 131 g/mol. The molecule has 1 heterocycles. The van der Waals surface area contributed by atoms with Gasteiger partial charge < -0.3 is 15.2 Å². The number of amides is 1. The molecule has 1 atom stereocenters. The molecule has 1 rings (SSSR count). The zero-order chi connectivity index (χ0) is 6.85. The SMILES string of the molecule is O=C1COC(C(=O)O)N1. The van der Waals surface area contributed by atoms with Crippen LogP contribution in [-0.4, -0.2) is 29.8 Å². The maximum atomic E-state index is 10.3. The van der Waals surface area contributed by atoms with Crippen molar-refractivity contribution in [2.75, 3.05) is 6.61 Å². The average Bonchev–Trinajstić information content (AvgIpc) is 2.14. The molecule has 1 saturated heterocycles. The summed E-state index contributed by atoms with van der Waals surface area (Å²) in [5.41, 5.74) is 0. The Balaban J connectivity index is 2.48.